The lowest BCUT2D eigenvalue weighted by Gasteiger charge is -2.13. The third-order valence-electron chi connectivity index (χ3n) is 3.85. The minimum atomic E-state index is -3.33. The van der Waals surface area contributed by atoms with Crippen LogP contribution in [0.3, 0.4) is 0 Å². The topological polar surface area (TPSA) is 89.0 Å². The summed E-state index contributed by atoms with van der Waals surface area (Å²) in [4.78, 5) is 4.45. The van der Waals surface area contributed by atoms with E-state index in [0.717, 1.165) is 17.9 Å². The van der Waals surface area contributed by atoms with Crippen molar-refractivity contribution in [1.82, 2.24) is 5.32 Å². The number of ether oxygens (including phenoxy) is 2. The van der Waals surface area contributed by atoms with Crippen molar-refractivity contribution in [2.75, 3.05) is 45.0 Å². The Labute approximate surface area is 166 Å². The second-order valence-corrected chi connectivity index (χ2v) is 8.09. The van der Waals surface area contributed by atoms with Crippen LogP contribution in [0.4, 0.5) is 5.69 Å². The highest BCUT2D eigenvalue weighted by Crippen LogP contribution is 2.17. The van der Waals surface area contributed by atoms with E-state index in [1.165, 1.54) is 0 Å². The Kier molecular flexibility index (Phi) is 8.77. The highest BCUT2D eigenvalue weighted by Gasteiger charge is 2.13. The molecular weight excluding hydrogens is 378 g/mol. The molecule has 8 heteroatoms. The van der Waals surface area contributed by atoms with Gasteiger partial charge in [-0.3, -0.25) is 4.99 Å². The van der Waals surface area contributed by atoms with Crippen LogP contribution < -0.4 is 15.4 Å². The van der Waals surface area contributed by atoms with Crippen molar-refractivity contribution >= 4 is 21.5 Å². The molecule has 0 unspecified atom stereocenters. The van der Waals surface area contributed by atoms with Crippen LogP contribution in [-0.2, 0) is 14.6 Å². The van der Waals surface area contributed by atoms with Crippen LogP contribution in [-0.4, -0.2) is 54.0 Å². The predicted molar refractivity (Wildman–Crippen MR) is 112 cm³/mol. The van der Waals surface area contributed by atoms with Crippen molar-refractivity contribution in [3.05, 3.63) is 54.6 Å². The van der Waals surface area contributed by atoms with Crippen LogP contribution in [0.1, 0.15) is 6.42 Å². The van der Waals surface area contributed by atoms with Gasteiger partial charge >= 0.3 is 0 Å². The van der Waals surface area contributed by atoms with E-state index in [1.54, 1.807) is 44.5 Å². The molecule has 2 rings (SSSR count). The first-order valence-corrected chi connectivity index (χ1v) is 10.7. The maximum Gasteiger partial charge on any atom is 0.195 e. The first-order valence-electron chi connectivity index (χ1n) is 9.02. The van der Waals surface area contributed by atoms with E-state index in [0.29, 0.717) is 24.1 Å². The van der Waals surface area contributed by atoms with Gasteiger partial charge in [-0.15, -0.1) is 0 Å². The SMILES string of the molecule is CN=C(NCCS(=O)(=O)c1ccccc1)Nc1cccc(OCCCOC)c1. The zero-order valence-electron chi connectivity index (χ0n) is 16.2. The molecule has 0 atom stereocenters. The first-order chi connectivity index (χ1) is 13.5. The van der Waals surface area contributed by atoms with Crippen molar-refractivity contribution in [2.45, 2.75) is 11.3 Å². The van der Waals surface area contributed by atoms with E-state index >= 15 is 0 Å². The molecule has 0 spiro atoms. The van der Waals surface area contributed by atoms with Crippen LogP contribution in [0.15, 0.2) is 64.5 Å². The van der Waals surface area contributed by atoms with Gasteiger partial charge in [-0.1, -0.05) is 24.3 Å². The lowest BCUT2D eigenvalue weighted by molar-refractivity contribution is 0.172. The predicted octanol–water partition coefficient (Wildman–Crippen LogP) is 2.56. The van der Waals surface area contributed by atoms with Gasteiger partial charge in [-0.2, -0.15) is 0 Å². The van der Waals surface area contributed by atoms with Crippen molar-refractivity contribution < 1.29 is 17.9 Å². The number of guanidine groups is 1. The Morgan fingerprint density at radius 3 is 2.57 bits per heavy atom. The lowest BCUT2D eigenvalue weighted by atomic mass is 10.3. The van der Waals surface area contributed by atoms with Crippen LogP contribution >= 0.6 is 0 Å². The van der Waals surface area contributed by atoms with Gasteiger partial charge in [0.2, 0.25) is 0 Å². The standard InChI is InChI=1S/C20H27N3O4S/c1-21-20(22-12-15-28(24,25)19-10-4-3-5-11-19)23-17-8-6-9-18(16-17)27-14-7-13-26-2/h3-6,8-11,16H,7,12-15H2,1-2H3,(H2,21,22,23). The van der Waals surface area contributed by atoms with Crippen LogP contribution in [0.2, 0.25) is 0 Å². The second kappa shape index (κ2) is 11.3. The normalized spacial score (nSPS) is 11.9. The molecule has 0 saturated heterocycles. The summed E-state index contributed by atoms with van der Waals surface area (Å²) in [6.45, 7) is 1.46. The number of hydrogen-bond acceptors (Lipinski definition) is 5. The van der Waals surface area contributed by atoms with Crippen molar-refractivity contribution in [2.24, 2.45) is 4.99 Å². The van der Waals surface area contributed by atoms with Gasteiger partial charge in [-0.05, 0) is 24.3 Å². The molecule has 2 N–H and O–H groups in total. The number of rotatable bonds is 10. The van der Waals surface area contributed by atoms with Crippen LogP contribution in [0.5, 0.6) is 5.75 Å². The number of nitrogens with zero attached hydrogens (tertiary/aromatic N) is 1. The average molecular weight is 406 g/mol. The number of hydrogen-bond donors (Lipinski definition) is 2. The molecule has 0 aliphatic heterocycles. The maximum atomic E-state index is 12.3. The fourth-order valence-corrected chi connectivity index (χ4v) is 3.60. The molecule has 0 heterocycles. The zero-order chi connectivity index (χ0) is 20.2. The lowest BCUT2D eigenvalue weighted by Crippen LogP contribution is -2.34. The van der Waals surface area contributed by atoms with E-state index in [9.17, 15) is 8.42 Å². The minimum absolute atomic E-state index is 0.0274. The van der Waals surface area contributed by atoms with Crippen LogP contribution in [0.25, 0.3) is 0 Å². The van der Waals surface area contributed by atoms with E-state index < -0.39 is 9.84 Å². The van der Waals surface area contributed by atoms with Crippen molar-refractivity contribution in [3.8, 4) is 5.75 Å². The molecule has 0 aromatic heterocycles. The Balaban J connectivity index is 1.86. The van der Waals surface area contributed by atoms with Gasteiger partial charge in [0.25, 0.3) is 0 Å². The van der Waals surface area contributed by atoms with Gasteiger partial charge < -0.3 is 20.1 Å². The molecular formula is C20H27N3O4S. The van der Waals surface area contributed by atoms with Crippen molar-refractivity contribution in [3.63, 3.8) is 0 Å². The zero-order valence-corrected chi connectivity index (χ0v) is 17.0. The van der Waals surface area contributed by atoms with Crippen LogP contribution in [0, 0.1) is 0 Å². The molecule has 7 nitrogen and oxygen atoms in total. The summed E-state index contributed by atoms with van der Waals surface area (Å²) >= 11 is 0. The Hall–Kier alpha value is -2.58. The Morgan fingerprint density at radius 2 is 1.86 bits per heavy atom. The smallest absolute Gasteiger partial charge is 0.195 e. The molecule has 0 amide bonds. The number of anilines is 1. The average Bonchev–Trinajstić information content (AvgIpc) is 2.71. The van der Waals surface area contributed by atoms with Crippen molar-refractivity contribution in [1.29, 1.82) is 0 Å². The minimum Gasteiger partial charge on any atom is -0.493 e. The number of sulfone groups is 1. The summed E-state index contributed by atoms with van der Waals surface area (Å²) in [5.41, 5.74) is 0.795. The highest BCUT2D eigenvalue weighted by molar-refractivity contribution is 7.91. The van der Waals surface area contributed by atoms with Gasteiger partial charge in [0.15, 0.2) is 15.8 Å². The molecule has 0 radical (unpaired) electrons. The summed E-state index contributed by atoms with van der Waals surface area (Å²) in [7, 11) is -0.0423. The first kappa shape index (κ1) is 21.7. The summed E-state index contributed by atoms with van der Waals surface area (Å²) in [6, 6.07) is 15.9. The molecule has 2 aromatic rings. The molecule has 0 aliphatic rings. The van der Waals surface area contributed by atoms with E-state index in [1.807, 2.05) is 24.3 Å². The molecule has 2 aromatic carbocycles. The van der Waals surface area contributed by atoms with E-state index in [-0.39, 0.29) is 12.3 Å². The Morgan fingerprint density at radius 1 is 1.07 bits per heavy atom. The number of benzene rings is 2. The van der Waals surface area contributed by atoms with E-state index in [2.05, 4.69) is 15.6 Å². The van der Waals surface area contributed by atoms with Gasteiger partial charge in [-0.25, -0.2) is 8.42 Å². The second-order valence-electron chi connectivity index (χ2n) is 5.98. The quantitative estimate of drug-likeness (QED) is 0.359. The molecule has 152 valence electrons. The third-order valence-corrected chi connectivity index (χ3v) is 5.58. The van der Waals surface area contributed by atoms with E-state index in [4.69, 9.17) is 9.47 Å². The molecule has 28 heavy (non-hydrogen) atoms. The molecule has 0 saturated carbocycles. The van der Waals surface area contributed by atoms with Gasteiger partial charge in [0.05, 0.1) is 17.3 Å². The number of aliphatic imine (C=N–C) groups is 1. The largest absolute Gasteiger partial charge is 0.493 e. The number of nitrogens with one attached hydrogen (secondary N) is 2. The monoisotopic (exact) mass is 405 g/mol. The van der Waals surface area contributed by atoms with Gasteiger partial charge in [0, 0.05) is 45.5 Å². The molecule has 0 fully saturated rings. The molecule has 0 aliphatic carbocycles. The fourth-order valence-electron chi connectivity index (χ4n) is 2.42. The summed E-state index contributed by atoms with van der Waals surface area (Å²) in [5.74, 6) is 1.20. The number of methoxy groups -OCH3 is 1. The molecule has 0 bridgehead atoms. The highest BCUT2D eigenvalue weighted by atomic mass is 32.2. The Bertz CT molecular complexity index is 855. The summed E-state index contributed by atoms with van der Waals surface area (Å²) in [5, 5.41) is 6.16. The fraction of sp³-hybridized carbons (Fsp3) is 0.350. The maximum absolute atomic E-state index is 12.3. The summed E-state index contributed by atoms with van der Waals surface area (Å²) in [6.07, 6.45) is 0.813. The van der Waals surface area contributed by atoms with Gasteiger partial charge in [0.1, 0.15) is 5.75 Å². The third kappa shape index (κ3) is 7.21. The summed E-state index contributed by atoms with van der Waals surface area (Å²) < 4.78 is 35.3.